The number of halogens is 3. The van der Waals surface area contributed by atoms with Crippen LogP contribution < -0.4 is 10.6 Å². The maximum absolute atomic E-state index is 12.8. The number of benzene rings is 1. The first kappa shape index (κ1) is 21.3. The highest BCUT2D eigenvalue weighted by Crippen LogP contribution is 2.24. The van der Waals surface area contributed by atoms with Crippen molar-refractivity contribution in [2.75, 3.05) is 26.2 Å². The molecule has 1 aromatic carbocycles. The van der Waals surface area contributed by atoms with E-state index in [1.807, 2.05) is 0 Å². The molecule has 0 saturated carbocycles. The van der Waals surface area contributed by atoms with E-state index in [9.17, 15) is 9.59 Å². The van der Waals surface area contributed by atoms with E-state index < -0.39 is 6.04 Å². The van der Waals surface area contributed by atoms with Gasteiger partial charge in [0.05, 0.1) is 0 Å². The van der Waals surface area contributed by atoms with Gasteiger partial charge in [0.25, 0.3) is 5.91 Å². The quantitative estimate of drug-likeness (QED) is 0.769. The molecule has 2 amide bonds. The number of rotatable bonds is 5. The van der Waals surface area contributed by atoms with Crippen LogP contribution in [0, 0.1) is 5.92 Å². The zero-order valence-electron chi connectivity index (χ0n) is 14.5. The minimum absolute atomic E-state index is 0. The smallest absolute Gasteiger partial charge is 0.254 e. The molecule has 0 radical (unpaired) electrons. The highest BCUT2D eigenvalue weighted by atomic mass is 35.5. The van der Waals surface area contributed by atoms with Crippen LogP contribution in [0.2, 0.25) is 10.0 Å². The van der Waals surface area contributed by atoms with Crippen LogP contribution in [0.25, 0.3) is 0 Å². The maximum Gasteiger partial charge on any atom is 0.254 e. The monoisotopic (exact) mass is 419 g/mol. The number of amides is 2. The summed E-state index contributed by atoms with van der Waals surface area (Å²) in [7, 11) is 0. The molecule has 0 aliphatic carbocycles. The Kier molecular flexibility index (Phi) is 8.02. The topological polar surface area (TPSA) is 61.4 Å². The molecule has 5 nitrogen and oxygen atoms in total. The van der Waals surface area contributed by atoms with Gasteiger partial charge in [-0.15, -0.1) is 12.4 Å². The van der Waals surface area contributed by atoms with Gasteiger partial charge in [-0.3, -0.25) is 9.59 Å². The molecule has 144 valence electrons. The van der Waals surface area contributed by atoms with Gasteiger partial charge in [0.2, 0.25) is 5.91 Å². The van der Waals surface area contributed by atoms with Crippen molar-refractivity contribution in [1.82, 2.24) is 15.5 Å². The first-order chi connectivity index (χ1) is 12.0. The molecule has 26 heavy (non-hydrogen) atoms. The zero-order valence-corrected chi connectivity index (χ0v) is 16.8. The van der Waals surface area contributed by atoms with Crippen LogP contribution in [-0.2, 0) is 4.79 Å². The summed E-state index contributed by atoms with van der Waals surface area (Å²) in [5, 5.41) is 7.16. The predicted octanol–water partition coefficient (Wildman–Crippen LogP) is 3.14. The summed E-state index contributed by atoms with van der Waals surface area (Å²) in [6, 6.07) is 4.37. The van der Waals surface area contributed by atoms with Gasteiger partial charge < -0.3 is 15.5 Å². The highest BCUT2D eigenvalue weighted by molar-refractivity contribution is 6.35. The summed E-state index contributed by atoms with van der Waals surface area (Å²) in [6.45, 7) is 3.32. The van der Waals surface area contributed by atoms with Crippen LogP contribution in [0.5, 0.6) is 0 Å². The number of hydrogen-bond acceptors (Lipinski definition) is 3. The van der Waals surface area contributed by atoms with Crippen LogP contribution in [-0.4, -0.2) is 48.9 Å². The van der Waals surface area contributed by atoms with Crippen molar-refractivity contribution in [3.63, 3.8) is 0 Å². The Morgan fingerprint density at radius 3 is 2.58 bits per heavy atom. The average molecular weight is 421 g/mol. The van der Waals surface area contributed by atoms with E-state index in [0.717, 1.165) is 25.9 Å². The fraction of sp³-hybridized carbons (Fsp3) is 0.556. The number of nitrogens with zero attached hydrogens (tertiary/aromatic N) is 1. The molecule has 2 saturated heterocycles. The van der Waals surface area contributed by atoms with E-state index in [4.69, 9.17) is 23.2 Å². The average Bonchev–Trinajstić information content (AvgIpc) is 3.24. The summed E-state index contributed by atoms with van der Waals surface area (Å²) in [4.78, 5) is 26.9. The fourth-order valence-electron chi connectivity index (χ4n) is 3.60. The molecule has 0 aromatic heterocycles. The first-order valence-electron chi connectivity index (χ1n) is 8.80. The molecule has 2 N–H and O–H groups in total. The summed E-state index contributed by atoms with van der Waals surface area (Å²) < 4.78 is 0. The lowest BCUT2D eigenvalue weighted by Crippen LogP contribution is -2.46. The Bertz CT molecular complexity index is 630. The van der Waals surface area contributed by atoms with Crippen molar-refractivity contribution in [3.05, 3.63) is 33.8 Å². The standard InChI is InChI=1S/C18H23Cl2N3O2.ClH/c19-14-8-13(9-15(20)10-14)18(25)23-7-1-2-16(23)17(24)22-6-4-12-3-5-21-11-12;/h8-10,12,16,21H,1-7,11H2,(H,22,24);1H. The van der Waals surface area contributed by atoms with E-state index in [1.54, 1.807) is 23.1 Å². The molecule has 2 aliphatic heterocycles. The van der Waals surface area contributed by atoms with E-state index in [0.29, 0.717) is 41.0 Å². The van der Waals surface area contributed by atoms with Crippen molar-refractivity contribution in [3.8, 4) is 0 Å². The van der Waals surface area contributed by atoms with Gasteiger partial charge in [0.1, 0.15) is 6.04 Å². The van der Waals surface area contributed by atoms with Crippen LogP contribution in [0.3, 0.4) is 0 Å². The molecule has 0 spiro atoms. The van der Waals surface area contributed by atoms with Gasteiger partial charge in [-0.25, -0.2) is 0 Å². The third-order valence-electron chi connectivity index (χ3n) is 4.94. The third kappa shape index (κ3) is 5.26. The van der Waals surface area contributed by atoms with Gasteiger partial charge in [0.15, 0.2) is 0 Å². The van der Waals surface area contributed by atoms with Gasteiger partial charge >= 0.3 is 0 Å². The van der Waals surface area contributed by atoms with Crippen LogP contribution in [0.1, 0.15) is 36.0 Å². The molecular formula is C18H24Cl3N3O2. The molecule has 2 unspecified atom stereocenters. The van der Waals surface area contributed by atoms with E-state index in [2.05, 4.69) is 10.6 Å². The highest BCUT2D eigenvalue weighted by Gasteiger charge is 2.34. The molecule has 0 bridgehead atoms. The number of nitrogens with one attached hydrogen (secondary N) is 2. The van der Waals surface area contributed by atoms with Crippen molar-refractivity contribution in [1.29, 1.82) is 0 Å². The molecule has 2 fully saturated rings. The maximum atomic E-state index is 12.8. The first-order valence-corrected chi connectivity index (χ1v) is 9.55. The van der Waals surface area contributed by atoms with E-state index >= 15 is 0 Å². The lowest BCUT2D eigenvalue weighted by molar-refractivity contribution is -0.124. The van der Waals surface area contributed by atoms with Gasteiger partial charge in [-0.05, 0) is 62.9 Å². The summed E-state index contributed by atoms with van der Waals surface area (Å²) >= 11 is 12.0. The Hall–Kier alpha value is -1.01. The Labute approximate surface area is 170 Å². The number of carbonyl (C=O) groups is 2. The largest absolute Gasteiger partial charge is 0.354 e. The molecular weight excluding hydrogens is 397 g/mol. The normalized spacial score (nSPS) is 22.2. The molecule has 1 aromatic rings. The summed E-state index contributed by atoms with van der Waals surface area (Å²) in [6.07, 6.45) is 3.66. The second-order valence-corrected chi connectivity index (χ2v) is 7.63. The van der Waals surface area contributed by atoms with Gasteiger partial charge in [0, 0.05) is 28.7 Å². The molecule has 2 atom stereocenters. The second kappa shape index (κ2) is 9.79. The van der Waals surface area contributed by atoms with Crippen LogP contribution in [0.4, 0.5) is 0 Å². The van der Waals surface area contributed by atoms with Crippen molar-refractivity contribution in [2.45, 2.75) is 31.7 Å². The third-order valence-corrected chi connectivity index (χ3v) is 5.38. The molecule has 3 rings (SSSR count). The van der Waals surface area contributed by atoms with Crippen molar-refractivity contribution >= 4 is 47.4 Å². The number of hydrogen-bond donors (Lipinski definition) is 2. The Morgan fingerprint density at radius 2 is 1.92 bits per heavy atom. The lowest BCUT2D eigenvalue weighted by atomic mass is 10.1. The van der Waals surface area contributed by atoms with Gasteiger partial charge in [-0.2, -0.15) is 0 Å². The van der Waals surface area contributed by atoms with Crippen molar-refractivity contribution < 1.29 is 9.59 Å². The predicted molar refractivity (Wildman–Crippen MR) is 106 cm³/mol. The zero-order chi connectivity index (χ0) is 17.8. The SMILES string of the molecule is Cl.O=C(NCCC1CCNC1)C1CCCN1C(=O)c1cc(Cl)cc(Cl)c1. The fourth-order valence-corrected chi connectivity index (χ4v) is 4.13. The number of likely N-dealkylation sites (tertiary alicyclic amines) is 1. The van der Waals surface area contributed by atoms with Crippen molar-refractivity contribution in [2.24, 2.45) is 5.92 Å². The van der Waals surface area contributed by atoms with Gasteiger partial charge in [-0.1, -0.05) is 23.2 Å². The lowest BCUT2D eigenvalue weighted by Gasteiger charge is -2.24. The minimum atomic E-state index is -0.410. The van der Waals surface area contributed by atoms with Crippen LogP contribution in [0.15, 0.2) is 18.2 Å². The number of carbonyl (C=O) groups excluding carboxylic acids is 2. The molecule has 8 heteroatoms. The second-order valence-electron chi connectivity index (χ2n) is 6.75. The minimum Gasteiger partial charge on any atom is -0.354 e. The Morgan fingerprint density at radius 1 is 1.19 bits per heavy atom. The Balaban J connectivity index is 0.00000243. The summed E-state index contributed by atoms with van der Waals surface area (Å²) in [5.41, 5.74) is 0.425. The van der Waals surface area contributed by atoms with E-state index in [-0.39, 0.29) is 24.2 Å². The summed E-state index contributed by atoms with van der Waals surface area (Å²) in [5.74, 6) is 0.377. The van der Waals surface area contributed by atoms with Crippen LogP contribution >= 0.6 is 35.6 Å². The molecule has 2 heterocycles. The molecule has 2 aliphatic rings. The van der Waals surface area contributed by atoms with E-state index in [1.165, 1.54) is 6.42 Å².